The van der Waals surface area contributed by atoms with Gasteiger partial charge in [0.1, 0.15) is 49.0 Å². The molecule has 0 saturated carbocycles. The molecule has 8 nitrogen and oxygen atoms in total. The van der Waals surface area contributed by atoms with Crippen molar-refractivity contribution in [1.29, 1.82) is 0 Å². The molecule has 1 fully saturated rings. The second kappa shape index (κ2) is 13.9. The molecule has 6 atom stereocenters. The maximum absolute atomic E-state index is 11.2. The zero-order valence-electron chi connectivity index (χ0n) is 20.6. The molecule has 0 amide bonds. The van der Waals surface area contributed by atoms with Crippen LogP contribution in [0.1, 0.15) is 18.1 Å². The van der Waals surface area contributed by atoms with Crippen molar-refractivity contribution in [1.82, 2.24) is 0 Å². The molecule has 0 aliphatic carbocycles. The zero-order valence-corrected chi connectivity index (χ0v) is 20.6. The van der Waals surface area contributed by atoms with E-state index in [2.05, 4.69) is 6.58 Å². The van der Waals surface area contributed by atoms with Crippen LogP contribution in [0.25, 0.3) is 0 Å². The molecule has 2 N–H and O–H groups in total. The molecule has 0 spiro atoms. The molecular weight excluding hydrogens is 464 g/mol. The van der Waals surface area contributed by atoms with Crippen LogP contribution in [0.5, 0.6) is 5.75 Å². The van der Waals surface area contributed by atoms with Crippen molar-refractivity contribution in [2.45, 2.75) is 56.8 Å². The van der Waals surface area contributed by atoms with E-state index >= 15 is 0 Å². The van der Waals surface area contributed by atoms with Gasteiger partial charge >= 0.3 is 5.97 Å². The van der Waals surface area contributed by atoms with E-state index in [0.29, 0.717) is 0 Å². The van der Waals surface area contributed by atoms with Crippen LogP contribution >= 0.6 is 0 Å². The Morgan fingerprint density at radius 3 is 2.31 bits per heavy atom. The molecule has 1 aliphatic heterocycles. The summed E-state index contributed by atoms with van der Waals surface area (Å²) in [6.07, 6.45) is -0.384. The van der Waals surface area contributed by atoms with Crippen LogP contribution in [0.3, 0.4) is 0 Å². The highest BCUT2D eigenvalue weighted by Gasteiger charge is 2.49. The molecule has 8 heteroatoms. The lowest BCUT2D eigenvalue weighted by Gasteiger charge is -2.30. The molecule has 0 aromatic heterocycles. The van der Waals surface area contributed by atoms with Gasteiger partial charge in [-0.15, -0.1) is 6.58 Å². The summed E-state index contributed by atoms with van der Waals surface area (Å²) in [4.78, 5) is 11.1. The largest absolute Gasteiger partial charge is 0.497 e. The molecule has 0 unspecified atom stereocenters. The third-order valence-electron chi connectivity index (χ3n) is 5.74. The first-order valence-electron chi connectivity index (χ1n) is 11.8. The molecule has 1 aliphatic rings. The lowest BCUT2D eigenvalue weighted by molar-refractivity contribution is -0.140. The molecule has 0 bridgehead atoms. The fourth-order valence-electron chi connectivity index (χ4n) is 3.67. The number of ether oxygens (including phenoxy) is 5. The van der Waals surface area contributed by atoms with E-state index in [0.717, 1.165) is 16.9 Å². The Labute approximate surface area is 211 Å². The molecule has 1 heterocycles. The number of benzene rings is 2. The Hall–Kier alpha value is -3.01. The van der Waals surface area contributed by atoms with E-state index in [-0.39, 0.29) is 25.9 Å². The van der Waals surface area contributed by atoms with Gasteiger partial charge in [0.25, 0.3) is 0 Å². The Morgan fingerprint density at radius 1 is 1.03 bits per heavy atom. The highest BCUT2D eigenvalue weighted by atomic mass is 16.6. The van der Waals surface area contributed by atoms with Gasteiger partial charge in [-0.25, -0.2) is 0 Å². The molecule has 2 aromatic carbocycles. The number of carbonyl (C=O) groups excluding carboxylic acids is 1. The third kappa shape index (κ3) is 8.29. The van der Waals surface area contributed by atoms with Gasteiger partial charge in [0.15, 0.2) is 0 Å². The quantitative estimate of drug-likeness (QED) is 0.219. The SMILES string of the molecule is C=C[C@H]1O[C@@H]1[C@@H](OCc1ccc(OC)cc1)[C@H](O)[C@H](O)[C@H](/C=C/COC(C)=O)OCc1ccccc1. The summed E-state index contributed by atoms with van der Waals surface area (Å²) in [5, 5.41) is 22.3. The number of aliphatic hydroxyl groups excluding tert-OH is 2. The van der Waals surface area contributed by atoms with E-state index in [1.807, 2.05) is 54.6 Å². The third-order valence-corrected chi connectivity index (χ3v) is 5.74. The number of rotatable bonds is 15. The van der Waals surface area contributed by atoms with Crippen LogP contribution < -0.4 is 4.74 Å². The Kier molecular flexibility index (Phi) is 10.7. The normalized spacial score (nSPS) is 20.3. The van der Waals surface area contributed by atoms with Crippen LogP contribution in [-0.2, 0) is 37.0 Å². The van der Waals surface area contributed by atoms with E-state index in [1.165, 1.54) is 6.92 Å². The van der Waals surface area contributed by atoms with Crippen molar-refractivity contribution in [3.63, 3.8) is 0 Å². The van der Waals surface area contributed by atoms with Crippen LogP contribution in [0.15, 0.2) is 79.4 Å². The maximum atomic E-state index is 11.2. The number of methoxy groups -OCH3 is 1. The van der Waals surface area contributed by atoms with Gasteiger partial charge in [-0.2, -0.15) is 0 Å². The minimum absolute atomic E-state index is 0.0189. The van der Waals surface area contributed by atoms with Crippen LogP contribution in [-0.4, -0.2) is 66.5 Å². The number of aliphatic hydroxyl groups is 2. The molecular formula is C28H34O8. The van der Waals surface area contributed by atoms with Crippen molar-refractivity contribution < 1.29 is 38.7 Å². The molecule has 2 aromatic rings. The average molecular weight is 499 g/mol. The summed E-state index contributed by atoms with van der Waals surface area (Å²) in [7, 11) is 1.59. The number of carbonyl (C=O) groups is 1. The topological polar surface area (TPSA) is 107 Å². The lowest BCUT2D eigenvalue weighted by atomic mass is 9.98. The number of esters is 1. The fraction of sp³-hybridized carbons (Fsp3) is 0.393. The highest BCUT2D eigenvalue weighted by Crippen LogP contribution is 2.32. The van der Waals surface area contributed by atoms with Crippen LogP contribution in [0.2, 0.25) is 0 Å². The van der Waals surface area contributed by atoms with E-state index in [1.54, 1.807) is 25.3 Å². The molecule has 1 saturated heterocycles. The van der Waals surface area contributed by atoms with Gasteiger partial charge in [-0.1, -0.05) is 54.6 Å². The predicted octanol–water partition coefficient (Wildman–Crippen LogP) is 2.96. The number of epoxide rings is 1. The summed E-state index contributed by atoms with van der Waals surface area (Å²) in [5.74, 6) is 0.303. The van der Waals surface area contributed by atoms with Crippen LogP contribution in [0, 0.1) is 0 Å². The van der Waals surface area contributed by atoms with Gasteiger partial charge in [0.05, 0.1) is 20.3 Å². The maximum Gasteiger partial charge on any atom is 0.302 e. The molecule has 194 valence electrons. The van der Waals surface area contributed by atoms with Gasteiger partial charge < -0.3 is 33.9 Å². The minimum Gasteiger partial charge on any atom is -0.497 e. The van der Waals surface area contributed by atoms with Gasteiger partial charge in [0.2, 0.25) is 0 Å². The smallest absolute Gasteiger partial charge is 0.302 e. The van der Waals surface area contributed by atoms with Crippen molar-refractivity contribution >= 4 is 5.97 Å². The monoisotopic (exact) mass is 498 g/mol. The van der Waals surface area contributed by atoms with Crippen molar-refractivity contribution in [3.05, 3.63) is 90.5 Å². The Morgan fingerprint density at radius 2 is 1.69 bits per heavy atom. The predicted molar refractivity (Wildman–Crippen MR) is 133 cm³/mol. The van der Waals surface area contributed by atoms with Crippen molar-refractivity contribution in [2.24, 2.45) is 0 Å². The molecule has 36 heavy (non-hydrogen) atoms. The molecule has 0 radical (unpaired) electrons. The van der Waals surface area contributed by atoms with Gasteiger partial charge in [-0.3, -0.25) is 4.79 Å². The van der Waals surface area contributed by atoms with Gasteiger partial charge in [0, 0.05) is 6.92 Å². The minimum atomic E-state index is -1.35. The second-order valence-corrected chi connectivity index (χ2v) is 8.40. The standard InChI is InChI=1S/C28H34O8/c1-4-23-27(36-23)28(35-18-21-12-14-22(32-3)15-13-21)26(31)25(30)24(11-8-16-33-19(2)29)34-17-20-9-6-5-7-10-20/h4-15,23-28,30-31H,1,16-18H2,2-3H3/b11-8+/t23-,24+,25-,26-,27+,28+/m1/s1. The fourth-order valence-corrected chi connectivity index (χ4v) is 3.67. The van der Waals surface area contributed by atoms with Crippen molar-refractivity contribution in [2.75, 3.05) is 13.7 Å². The summed E-state index contributed by atoms with van der Waals surface area (Å²) >= 11 is 0. The molecule has 3 rings (SSSR count). The van der Waals surface area contributed by atoms with Crippen LogP contribution in [0.4, 0.5) is 0 Å². The number of hydrogen-bond donors (Lipinski definition) is 2. The summed E-state index contributed by atoms with van der Waals surface area (Å²) < 4.78 is 27.7. The Bertz CT molecular complexity index is 975. The van der Waals surface area contributed by atoms with Crippen molar-refractivity contribution in [3.8, 4) is 5.75 Å². The highest BCUT2D eigenvalue weighted by molar-refractivity contribution is 5.66. The first-order valence-corrected chi connectivity index (χ1v) is 11.8. The van der Waals surface area contributed by atoms with E-state index in [4.69, 9.17) is 23.7 Å². The van der Waals surface area contributed by atoms with E-state index < -0.39 is 36.5 Å². The summed E-state index contributed by atoms with van der Waals surface area (Å²) in [5.41, 5.74) is 1.78. The van der Waals surface area contributed by atoms with Gasteiger partial charge in [-0.05, 0) is 29.3 Å². The first-order chi connectivity index (χ1) is 17.4. The average Bonchev–Trinajstić information content (AvgIpc) is 3.68. The summed E-state index contributed by atoms with van der Waals surface area (Å²) in [6.45, 7) is 5.48. The van der Waals surface area contributed by atoms with E-state index in [9.17, 15) is 15.0 Å². The summed E-state index contributed by atoms with van der Waals surface area (Å²) in [6, 6.07) is 16.8. The Balaban J connectivity index is 1.71. The number of hydrogen-bond acceptors (Lipinski definition) is 8. The second-order valence-electron chi connectivity index (χ2n) is 8.40. The first kappa shape index (κ1) is 27.6. The lowest BCUT2D eigenvalue weighted by Crippen LogP contribution is -2.48. The zero-order chi connectivity index (χ0) is 25.9.